The number of hydrogen-bond acceptors (Lipinski definition) is 2. The molecule has 0 spiro atoms. The van der Waals surface area contributed by atoms with Crippen molar-refractivity contribution in [1.82, 2.24) is 0 Å². The second kappa shape index (κ2) is 5.88. The van der Waals surface area contributed by atoms with Crippen LogP contribution < -0.4 is 11.1 Å². The molecule has 0 bridgehead atoms. The van der Waals surface area contributed by atoms with Crippen LogP contribution in [0.1, 0.15) is 11.1 Å². The van der Waals surface area contributed by atoms with Crippen LogP contribution in [-0.2, 0) is 0 Å². The summed E-state index contributed by atoms with van der Waals surface area (Å²) in [6.45, 7) is 0. The Kier molecular flexibility index (Phi) is 3.37. The van der Waals surface area contributed by atoms with Crippen LogP contribution in [0.5, 0.6) is 5.75 Å². The second-order valence-electron chi connectivity index (χ2n) is 6.58. The molecule has 1 aliphatic rings. The van der Waals surface area contributed by atoms with Crippen molar-refractivity contribution in [2.75, 3.05) is 5.32 Å². The fraction of sp³-hybridized carbons (Fsp3) is 0. The number of nitrogens with zero attached hydrogens (tertiary/aromatic N) is 1. The lowest BCUT2D eigenvalue weighted by Crippen LogP contribution is -2.22. The van der Waals surface area contributed by atoms with Gasteiger partial charge in [-0.1, -0.05) is 66.7 Å². The Morgan fingerprint density at radius 3 is 2.59 bits per heavy atom. The van der Waals surface area contributed by atoms with Crippen molar-refractivity contribution in [3.8, 4) is 5.75 Å². The summed E-state index contributed by atoms with van der Waals surface area (Å²) in [5.41, 5.74) is 9.85. The summed E-state index contributed by atoms with van der Waals surface area (Å²) >= 11 is 0. The van der Waals surface area contributed by atoms with Gasteiger partial charge in [-0.2, -0.15) is 0 Å². The topological polar surface area (TPSA) is 70.6 Å². The first-order valence-corrected chi connectivity index (χ1v) is 8.76. The van der Waals surface area contributed by atoms with Gasteiger partial charge in [0.25, 0.3) is 0 Å². The van der Waals surface area contributed by atoms with E-state index in [2.05, 4.69) is 46.7 Å². The maximum absolute atomic E-state index is 10.3. The van der Waals surface area contributed by atoms with E-state index >= 15 is 0 Å². The van der Waals surface area contributed by atoms with Crippen LogP contribution in [0.15, 0.2) is 71.7 Å². The van der Waals surface area contributed by atoms with Gasteiger partial charge in [-0.15, -0.1) is 0 Å². The predicted octanol–water partition coefficient (Wildman–Crippen LogP) is 5.24. The van der Waals surface area contributed by atoms with E-state index in [1.807, 2.05) is 36.4 Å². The van der Waals surface area contributed by atoms with Crippen molar-refractivity contribution in [1.29, 1.82) is 0 Å². The van der Waals surface area contributed by atoms with Gasteiger partial charge in [0.2, 0.25) is 0 Å². The number of nitrogens with two attached hydrogens (primary N) is 1. The summed E-state index contributed by atoms with van der Waals surface area (Å²) in [7, 11) is 0. The maximum atomic E-state index is 10.3. The Morgan fingerprint density at radius 1 is 0.852 bits per heavy atom. The normalized spacial score (nSPS) is 12.8. The number of guanidine groups is 1. The van der Waals surface area contributed by atoms with Crippen LogP contribution in [-0.4, -0.2) is 11.1 Å². The van der Waals surface area contributed by atoms with Gasteiger partial charge in [-0.25, -0.2) is 4.99 Å². The molecule has 0 fully saturated rings. The number of phenols is 1. The summed E-state index contributed by atoms with van der Waals surface area (Å²) in [6.07, 6.45) is 4.19. The van der Waals surface area contributed by atoms with E-state index in [1.165, 1.54) is 16.3 Å². The number of fused-ring (bicyclic) bond motifs is 1. The van der Waals surface area contributed by atoms with Crippen molar-refractivity contribution in [3.63, 3.8) is 0 Å². The Morgan fingerprint density at radius 2 is 1.67 bits per heavy atom. The van der Waals surface area contributed by atoms with Crippen LogP contribution in [0, 0.1) is 0 Å². The lowest BCUT2D eigenvalue weighted by Gasteiger charge is -2.12. The summed E-state index contributed by atoms with van der Waals surface area (Å²) in [5.74, 6) is 0.332. The third kappa shape index (κ3) is 2.50. The minimum atomic E-state index is 0.101. The average Bonchev–Trinajstić information content (AvgIpc) is 3.12. The second-order valence-corrected chi connectivity index (χ2v) is 6.58. The Bertz CT molecular complexity index is 1270. The predicted molar refractivity (Wildman–Crippen MR) is 113 cm³/mol. The molecule has 5 rings (SSSR count). The highest BCUT2D eigenvalue weighted by molar-refractivity contribution is 6.11. The molecule has 0 unspecified atom stereocenters. The van der Waals surface area contributed by atoms with E-state index in [1.54, 1.807) is 6.07 Å². The van der Waals surface area contributed by atoms with Gasteiger partial charge >= 0.3 is 0 Å². The molecule has 0 aromatic heterocycles. The average molecular weight is 351 g/mol. The Balaban J connectivity index is 1.58. The van der Waals surface area contributed by atoms with Crippen LogP contribution in [0.3, 0.4) is 0 Å². The minimum Gasteiger partial charge on any atom is -0.506 e. The molecule has 1 aliphatic carbocycles. The molecule has 4 nitrogen and oxygen atoms in total. The molecule has 130 valence electrons. The molecular weight excluding hydrogens is 334 g/mol. The SMILES string of the molecule is NC(=Nc1c(O)ccc2ccccc12)Nc1ccc2cccc3c2c1C=C3. The molecule has 0 heterocycles. The smallest absolute Gasteiger partial charge is 0.198 e. The summed E-state index contributed by atoms with van der Waals surface area (Å²) < 4.78 is 0. The lowest BCUT2D eigenvalue weighted by atomic mass is 10.0. The third-order valence-electron chi connectivity index (χ3n) is 4.92. The minimum absolute atomic E-state index is 0.101. The molecule has 4 aromatic rings. The van der Waals surface area contributed by atoms with Gasteiger partial charge in [-0.05, 0) is 33.9 Å². The molecule has 0 radical (unpaired) electrons. The fourth-order valence-corrected chi connectivity index (χ4v) is 3.68. The van der Waals surface area contributed by atoms with Crippen LogP contribution >= 0.6 is 0 Å². The van der Waals surface area contributed by atoms with Crippen molar-refractivity contribution >= 4 is 51.0 Å². The van der Waals surface area contributed by atoms with E-state index in [-0.39, 0.29) is 11.7 Å². The fourth-order valence-electron chi connectivity index (χ4n) is 3.68. The zero-order valence-corrected chi connectivity index (χ0v) is 14.5. The quantitative estimate of drug-likeness (QED) is 0.301. The lowest BCUT2D eigenvalue weighted by molar-refractivity contribution is 0.477. The molecule has 0 saturated heterocycles. The highest BCUT2D eigenvalue weighted by Gasteiger charge is 2.14. The van der Waals surface area contributed by atoms with Crippen LogP contribution in [0.4, 0.5) is 11.4 Å². The molecule has 0 saturated carbocycles. The molecule has 4 aromatic carbocycles. The molecule has 0 amide bonds. The van der Waals surface area contributed by atoms with E-state index < -0.39 is 0 Å². The number of hydrogen-bond donors (Lipinski definition) is 3. The monoisotopic (exact) mass is 351 g/mol. The summed E-state index contributed by atoms with van der Waals surface area (Å²) in [4.78, 5) is 4.46. The summed E-state index contributed by atoms with van der Waals surface area (Å²) in [5, 5.41) is 17.7. The first-order valence-electron chi connectivity index (χ1n) is 8.76. The standard InChI is InChI=1S/C23H17N3O/c24-23(26-22-17-7-2-1-4-14(17)10-13-20(22)27)25-19-12-9-16-6-3-5-15-8-11-18(19)21(15)16/h1-13,27H,(H3,24,25,26). The molecule has 0 atom stereocenters. The van der Waals surface area contributed by atoms with Gasteiger partial charge in [-0.3, -0.25) is 0 Å². The number of aliphatic imine (C=N–C) groups is 1. The Hall–Kier alpha value is -3.79. The number of aromatic hydroxyl groups is 1. The van der Waals surface area contributed by atoms with E-state index in [4.69, 9.17) is 5.73 Å². The number of phenolic OH excluding ortho intramolecular Hbond substituents is 1. The first kappa shape index (κ1) is 15.5. The number of anilines is 1. The third-order valence-corrected chi connectivity index (χ3v) is 4.92. The Labute approximate surface area is 156 Å². The number of rotatable bonds is 2. The molecule has 4 N–H and O–H groups in total. The summed E-state index contributed by atoms with van der Waals surface area (Å²) in [6, 6.07) is 21.6. The highest BCUT2D eigenvalue weighted by Crippen LogP contribution is 2.37. The molecule has 4 heteroatoms. The largest absolute Gasteiger partial charge is 0.506 e. The molecule has 27 heavy (non-hydrogen) atoms. The zero-order valence-electron chi connectivity index (χ0n) is 14.5. The molecular formula is C23H17N3O. The van der Waals surface area contributed by atoms with Crippen LogP contribution in [0.25, 0.3) is 33.7 Å². The van der Waals surface area contributed by atoms with E-state index in [0.717, 1.165) is 22.0 Å². The van der Waals surface area contributed by atoms with E-state index in [0.29, 0.717) is 5.69 Å². The van der Waals surface area contributed by atoms with Gasteiger partial charge in [0.1, 0.15) is 11.4 Å². The first-order chi connectivity index (χ1) is 13.2. The maximum Gasteiger partial charge on any atom is 0.198 e. The molecule has 0 aliphatic heterocycles. The number of nitrogens with one attached hydrogen (secondary N) is 1. The van der Waals surface area contributed by atoms with Crippen molar-refractivity contribution in [2.45, 2.75) is 0 Å². The van der Waals surface area contributed by atoms with Gasteiger partial charge in [0, 0.05) is 16.6 Å². The highest BCUT2D eigenvalue weighted by atomic mass is 16.3. The van der Waals surface area contributed by atoms with Crippen molar-refractivity contribution < 1.29 is 5.11 Å². The van der Waals surface area contributed by atoms with Crippen LogP contribution in [0.2, 0.25) is 0 Å². The number of benzene rings is 4. The van der Waals surface area contributed by atoms with Gasteiger partial charge < -0.3 is 16.2 Å². The van der Waals surface area contributed by atoms with Gasteiger partial charge in [0.05, 0.1) is 0 Å². The van der Waals surface area contributed by atoms with Crippen molar-refractivity contribution in [3.05, 3.63) is 77.9 Å². The van der Waals surface area contributed by atoms with Gasteiger partial charge in [0.15, 0.2) is 5.96 Å². The zero-order chi connectivity index (χ0) is 18.4. The van der Waals surface area contributed by atoms with Crippen molar-refractivity contribution in [2.24, 2.45) is 10.7 Å². The van der Waals surface area contributed by atoms with E-state index in [9.17, 15) is 5.11 Å².